The molecule has 0 aliphatic heterocycles. The molecule has 116 valence electrons. The predicted octanol–water partition coefficient (Wildman–Crippen LogP) is 2.65. The molecule has 0 bridgehead atoms. The van der Waals surface area contributed by atoms with Crippen LogP contribution in [0.5, 0.6) is 0 Å². The molecule has 1 aliphatic carbocycles. The first-order chi connectivity index (χ1) is 10.7. The molecule has 1 heterocycles. The minimum atomic E-state index is -0.419. The summed E-state index contributed by atoms with van der Waals surface area (Å²) in [5.41, 5.74) is 0.503. The number of rotatable bonds is 7. The summed E-state index contributed by atoms with van der Waals surface area (Å²) in [6, 6.07) is 6.30. The Morgan fingerprint density at radius 2 is 2.05 bits per heavy atom. The van der Waals surface area contributed by atoms with Crippen LogP contribution in [0.1, 0.15) is 31.2 Å². The van der Waals surface area contributed by atoms with Gasteiger partial charge in [-0.05, 0) is 43.4 Å². The first kappa shape index (κ1) is 14.8. The number of hydrogen-bond donors (Lipinski definition) is 1. The van der Waals surface area contributed by atoms with Crippen LogP contribution >= 0.6 is 0 Å². The number of carbonyl (C=O) groups excluding carboxylic acids is 1. The maximum atomic E-state index is 13.0. The number of nitrogens with zero attached hydrogens (tertiary/aromatic N) is 2. The molecule has 1 aromatic heterocycles. The third kappa shape index (κ3) is 3.18. The summed E-state index contributed by atoms with van der Waals surface area (Å²) in [5.74, 6) is -0.193. The van der Waals surface area contributed by atoms with Crippen molar-refractivity contribution >= 4 is 5.91 Å². The van der Waals surface area contributed by atoms with Crippen molar-refractivity contribution in [1.29, 1.82) is 0 Å². The molecule has 0 unspecified atom stereocenters. The lowest BCUT2D eigenvalue weighted by Crippen LogP contribution is -2.35. The monoisotopic (exact) mass is 301 g/mol. The fraction of sp³-hybridized carbons (Fsp3) is 0.412. The van der Waals surface area contributed by atoms with Crippen molar-refractivity contribution in [3.05, 3.63) is 54.4 Å². The Morgan fingerprint density at radius 1 is 1.27 bits per heavy atom. The Kier molecular flexibility index (Phi) is 4.22. The van der Waals surface area contributed by atoms with E-state index < -0.39 is 5.41 Å². The normalized spacial score (nSPS) is 15.5. The van der Waals surface area contributed by atoms with Gasteiger partial charge >= 0.3 is 0 Å². The number of nitrogens with one attached hydrogen (secondary N) is 1. The van der Waals surface area contributed by atoms with Gasteiger partial charge in [0, 0.05) is 25.5 Å². The summed E-state index contributed by atoms with van der Waals surface area (Å²) < 4.78 is 15.0. The van der Waals surface area contributed by atoms with Crippen LogP contribution in [0, 0.1) is 5.82 Å². The van der Waals surface area contributed by atoms with E-state index in [2.05, 4.69) is 10.3 Å². The number of halogens is 1. The molecule has 1 fully saturated rings. The topological polar surface area (TPSA) is 46.9 Å². The average Bonchev–Trinajstić information content (AvgIpc) is 3.17. The van der Waals surface area contributed by atoms with E-state index in [0.29, 0.717) is 6.54 Å². The standard InChI is InChI=1S/C17H20FN3O/c18-15-5-3-14(4-6-15)17(7-8-17)16(22)20-9-1-2-11-21-12-10-19-13-21/h3-6,10,12-13H,1-2,7-9,11H2,(H,20,22). The Hall–Kier alpha value is -2.17. The first-order valence-electron chi connectivity index (χ1n) is 7.71. The number of unbranched alkanes of at least 4 members (excludes halogenated alkanes) is 1. The largest absolute Gasteiger partial charge is 0.355 e. The van der Waals surface area contributed by atoms with Crippen LogP contribution in [0.3, 0.4) is 0 Å². The molecule has 0 atom stereocenters. The number of aryl methyl sites for hydroxylation is 1. The molecule has 5 heteroatoms. The summed E-state index contributed by atoms with van der Waals surface area (Å²) in [7, 11) is 0. The zero-order valence-electron chi connectivity index (χ0n) is 12.5. The van der Waals surface area contributed by atoms with Crippen LogP contribution in [0.2, 0.25) is 0 Å². The van der Waals surface area contributed by atoms with E-state index >= 15 is 0 Å². The third-order valence-electron chi connectivity index (χ3n) is 4.27. The molecule has 2 aromatic rings. The summed E-state index contributed by atoms with van der Waals surface area (Å²) in [6.45, 7) is 1.59. The van der Waals surface area contributed by atoms with Crippen molar-refractivity contribution in [2.75, 3.05) is 6.54 Å². The van der Waals surface area contributed by atoms with Gasteiger partial charge in [-0.2, -0.15) is 0 Å². The lowest BCUT2D eigenvalue weighted by Gasteiger charge is -2.15. The number of carbonyl (C=O) groups is 1. The van der Waals surface area contributed by atoms with Crippen LogP contribution in [-0.2, 0) is 16.8 Å². The average molecular weight is 301 g/mol. The van der Waals surface area contributed by atoms with Gasteiger partial charge in [0.05, 0.1) is 11.7 Å². The number of benzene rings is 1. The molecule has 0 spiro atoms. The highest BCUT2D eigenvalue weighted by atomic mass is 19.1. The summed E-state index contributed by atoms with van der Waals surface area (Å²) >= 11 is 0. The highest BCUT2D eigenvalue weighted by Crippen LogP contribution is 2.48. The van der Waals surface area contributed by atoms with E-state index in [1.165, 1.54) is 12.1 Å². The maximum Gasteiger partial charge on any atom is 0.230 e. The van der Waals surface area contributed by atoms with Gasteiger partial charge in [0.2, 0.25) is 5.91 Å². The van der Waals surface area contributed by atoms with Gasteiger partial charge in [-0.15, -0.1) is 0 Å². The lowest BCUT2D eigenvalue weighted by atomic mass is 9.95. The number of amides is 1. The Labute approximate surface area is 129 Å². The van der Waals surface area contributed by atoms with E-state index in [9.17, 15) is 9.18 Å². The van der Waals surface area contributed by atoms with Gasteiger partial charge in [-0.25, -0.2) is 9.37 Å². The number of aromatic nitrogens is 2. The van der Waals surface area contributed by atoms with Crippen molar-refractivity contribution in [1.82, 2.24) is 14.9 Å². The second-order valence-electron chi connectivity index (χ2n) is 5.85. The van der Waals surface area contributed by atoms with Gasteiger partial charge in [0.25, 0.3) is 0 Å². The number of imidazole rings is 1. The van der Waals surface area contributed by atoms with Crippen molar-refractivity contribution in [2.45, 2.75) is 37.6 Å². The van der Waals surface area contributed by atoms with E-state index in [-0.39, 0.29) is 11.7 Å². The molecule has 22 heavy (non-hydrogen) atoms. The quantitative estimate of drug-likeness (QED) is 0.799. The highest BCUT2D eigenvalue weighted by Gasteiger charge is 2.50. The zero-order valence-corrected chi connectivity index (χ0v) is 12.5. The van der Waals surface area contributed by atoms with Crippen molar-refractivity contribution in [3.8, 4) is 0 Å². The summed E-state index contributed by atoms with van der Waals surface area (Å²) in [6.07, 6.45) is 9.13. The zero-order chi connectivity index (χ0) is 15.4. The third-order valence-corrected chi connectivity index (χ3v) is 4.27. The first-order valence-corrected chi connectivity index (χ1v) is 7.71. The Bertz CT molecular complexity index is 618. The van der Waals surface area contributed by atoms with E-state index in [0.717, 1.165) is 37.8 Å². The van der Waals surface area contributed by atoms with E-state index in [4.69, 9.17) is 0 Å². The van der Waals surface area contributed by atoms with Crippen LogP contribution < -0.4 is 5.32 Å². The fourth-order valence-electron chi connectivity index (χ4n) is 2.75. The molecule has 1 aromatic carbocycles. The molecular formula is C17H20FN3O. The molecule has 1 aliphatic rings. The Morgan fingerprint density at radius 3 is 2.68 bits per heavy atom. The highest BCUT2D eigenvalue weighted by molar-refractivity contribution is 5.91. The van der Waals surface area contributed by atoms with E-state index in [1.807, 2.05) is 10.8 Å². The molecule has 1 amide bonds. The molecule has 0 radical (unpaired) electrons. The SMILES string of the molecule is O=C(NCCCCn1ccnc1)C1(c2ccc(F)cc2)CC1. The van der Waals surface area contributed by atoms with Gasteiger partial charge in [-0.3, -0.25) is 4.79 Å². The second kappa shape index (κ2) is 6.30. The fourth-order valence-corrected chi connectivity index (χ4v) is 2.75. The van der Waals surface area contributed by atoms with E-state index in [1.54, 1.807) is 24.7 Å². The van der Waals surface area contributed by atoms with Crippen molar-refractivity contribution < 1.29 is 9.18 Å². The molecule has 1 saturated carbocycles. The minimum Gasteiger partial charge on any atom is -0.355 e. The van der Waals surface area contributed by atoms with Gasteiger partial charge < -0.3 is 9.88 Å². The lowest BCUT2D eigenvalue weighted by molar-refractivity contribution is -0.123. The molecule has 1 N–H and O–H groups in total. The van der Waals surface area contributed by atoms with Gasteiger partial charge in [0.15, 0.2) is 0 Å². The molecule has 4 nitrogen and oxygen atoms in total. The summed E-state index contributed by atoms with van der Waals surface area (Å²) in [4.78, 5) is 16.4. The van der Waals surface area contributed by atoms with Crippen molar-refractivity contribution in [2.24, 2.45) is 0 Å². The summed E-state index contributed by atoms with van der Waals surface area (Å²) in [5, 5.41) is 3.02. The van der Waals surface area contributed by atoms with Crippen LogP contribution in [0.15, 0.2) is 43.0 Å². The number of hydrogen-bond acceptors (Lipinski definition) is 2. The minimum absolute atomic E-state index is 0.0711. The van der Waals surface area contributed by atoms with Crippen LogP contribution in [0.4, 0.5) is 4.39 Å². The smallest absolute Gasteiger partial charge is 0.230 e. The molecular weight excluding hydrogens is 281 g/mol. The second-order valence-corrected chi connectivity index (χ2v) is 5.85. The molecule has 0 saturated heterocycles. The predicted molar refractivity (Wildman–Crippen MR) is 81.8 cm³/mol. The van der Waals surface area contributed by atoms with Crippen LogP contribution in [0.25, 0.3) is 0 Å². The van der Waals surface area contributed by atoms with Gasteiger partial charge in [-0.1, -0.05) is 12.1 Å². The maximum absolute atomic E-state index is 13.0. The van der Waals surface area contributed by atoms with Crippen molar-refractivity contribution in [3.63, 3.8) is 0 Å². The van der Waals surface area contributed by atoms with Gasteiger partial charge in [0.1, 0.15) is 5.82 Å². The van der Waals surface area contributed by atoms with Crippen LogP contribution in [-0.4, -0.2) is 22.0 Å². The Balaban J connectivity index is 1.44. The molecule has 3 rings (SSSR count).